The topological polar surface area (TPSA) is 8.17 Å². The number of rotatable bonds is 4. The molecule has 0 bridgehead atoms. The van der Waals surface area contributed by atoms with Crippen molar-refractivity contribution in [2.45, 2.75) is 5.03 Å². The standard InChI is InChI=1S/C13H18N2S/c1-14(2)8-9-16-13-10-11-6-4-5-7-12(11)15(13)3/h4-7,10H,8-9H2,1-3H3. The van der Waals surface area contributed by atoms with Crippen LogP contribution in [0.1, 0.15) is 0 Å². The van der Waals surface area contributed by atoms with Crippen LogP contribution in [0.15, 0.2) is 35.4 Å². The molecule has 0 atom stereocenters. The van der Waals surface area contributed by atoms with E-state index in [9.17, 15) is 0 Å². The van der Waals surface area contributed by atoms with E-state index in [2.05, 4.69) is 60.9 Å². The second-order valence-electron chi connectivity index (χ2n) is 4.25. The van der Waals surface area contributed by atoms with Crippen LogP contribution in [0.25, 0.3) is 10.9 Å². The number of para-hydroxylation sites is 1. The van der Waals surface area contributed by atoms with Gasteiger partial charge in [0, 0.05) is 30.2 Å². The first-order valence-corrected chi connectivity index (χ1v) is 6.49. The lowest BCUT2D eigenvalue weighted by atomic mass is 10.2. The molecule has 2 rings (SSSR count). The molecule has 0 aliphatic carbocycles. The number of nitrogens with zero attached hydrogens (tertiary/aromatic N) is 2. The third-order valence-electron chi connectivity index (χ3n) is 2.70. The monoisotopic (exact) mass is 234 g/mol. The van der Waals surface area contributed by atoms with Crippen molar-refractivity contribution in [2.24, 2.45) is 7.05 Å². The second-order valence-corrected chi connectivity index (χ2v) is 5.37. The summed E-state index contributed by atoms with van der Waals surface area (Å²) in [6.07, 6.45) is 0. The number of thioether (sulfide) groups is 1. The predicted octanol–water partition coefficient (Wildman–Crippen LogP) is 2.83. The van der Waals surface area contributed by atoms with Gasteiger partial charge in [-0.2, -0.15) is 0 Å². The first-order valence-electron chi connectivity index (χ1n) is 5.50. The lowest BCUT2D eigenvalue weighted by Gasteiger charge is -2.09. The number of hydrogen-bond acceptors (Lipinski definition) is 2. The molecule has 0 saturated carbocycles. The van der Waals surface area contributed by atoms with E-state index in [-0.39, 0.29) is 0 Å². The van der Waals surface area contributed by atoms with E-state index in [1.165, 1.54) is 15.9 Å². The van der Waals surface area contributed by atoms with Gasteiger partial charge in [-0.05, 0) is 26.2 Å². The number of aromatic nitrogens is 1. The normalized spacial score (nSPS) is 11.5. The molecule has 0 aliphatic rings. The van der Waals surface area contributed by atoms with Crippen LogP contribution in [0.2, 0.25) is 0 Å². The van der Waals surface area contributed by atoms with Crippen LogP contribution in [0.4, 0.5) is 0 Å². The summed E-state index contributed by atoms with van der Waals surface area (Å²) in [6.45, 7) is 1.12. The molecule has 2 nitrogen and oxygen atoms in total. The van der Waals surface area contributed by atoms with Crippen molar-refractivity contribution in [3.63, 3.8) is 0 Å². The molecule has 0 aliphatic heterocycles. The number of fused-ring (bicyclic) bond motifs is 1. The molecule has 86 valence electrons. The predicted molar refractivity (Wildman–Crippen MR) is 72.2 cm³/mol. The molecule has 0 spiro atoms. The van der Waals surface area contributed by atoms with E-state index in [0.717, 1.165) is 12.3 Å². The molecule has 0 N–H and O–H groups in total. The summed E-state index contributed by atoms with van der Waals surface area (Å²) in [5, 5.41) is 2.68. The molecule has 0 unspecified atom stereocenters. The van der Waals surface area contributed by atoms with Crippen LogP contribution in [-0.4, -0.2) is 35.9 Å². The third kappa shape index (κ3) is 2.42. The van der Waals surface area contributed by atoms with E-state index < -0.39 is 0 Å². The number of hydrogen-bond donors (Lipinski definition) is 0. The fourth-order valence-corrected chi connectivity index (χ4v) is 2.90. The molecule has 2 aromatic rings. The summed E-state index contributed by atoms with van der Waals surface area (Å²) in [5.74, 6) is 1.14. The fraction of sp³-hybridized carbons (Fsp3) is 0.385. The Balaban J connectivity index is 2.15. The molecular weight excluding hydrogens is 216 g/mol. The fourth-order valence-electron chi connectivity index (χ4n) is 1.73. The zero-order valence-corrected chi connectivity index (χ0v) is 10.9. The van der Waals surface area contributed by atoms with Crippen LogP contribution in [0, 0.1) is 0 Å². The van der Waals surface area contributed by atoms with Crippen molar-refractivity contribution in [1.82, 2.24) is 9.47 Å². The highest BCUT2D eigenvalue weighted by atomic mass is 32.2. The van der Waals surface area contributed by atoms with E-state index in [4.69, 9.17) is 0 Å². The molecule has 0 radical (unpaired) electrons. The van der Waals surface area contributed by atoms with Gasteiger partial charge in [0.2, 0.25) is 0 Å². The van der Waals surface area contributed by atoms with Crippen molar-refractivity contribution < 1.29 is 0 Å². The summed E-state index contributed by atoms with van der Waals surface area (Å²) >= 11 is 1.92. The molecule has 0 saturated heterocycles. The maximum Gasteiger partial charge on any atom is 0.0756 e. The minimum absolute atomic E-state index is 1.12. The lowest BCUT2D eigenvalue weighted by molar-refractivity contribution is 0.437. The minimum atomic E-state index is 1.12. The van der Waals surface area contributed by atoms with Crippen LogP contribution in [0.5, 0.6) is 0 Å². The zero-order chi connectivity index (χ0) is 11.5. The van der Waals surface area contributed by atoms with Crippen molar-refractivity contribution in [2.75, 3.05) is 26.4 Å². The van der Waals surface area contributed by atoms with Gasteiger partial charge in [-0.1, -0.05) is 18.2 Å². The van der Waals surface area contributed by atoms with Gasteiger partial charge in [0.05, 0.1) is 5.03 Å². The Labute approximate surface area is 101 Å². The Morgan fingerprint density at radius 3 is 2.69 bits per heavy atom. The molecule has 1 aromatic carbocycles. The minimum Gasteiger partial charge on any atom is -0.339 e. The Kier molecular flexibility index (Phi) is 3.56. The van der Waals surface area contributed by atoms with E-state index in [0.29, 0.717) is 0 Å². The molecule has 16 heavy (non-hydrogen) atoms. The lowest BCUT2D eigenvalue weighted by Crippen LogP contribution is -2.14. The van der Waals surface area contributed by atoms with Crippen molar-refractivity contribution in [1.29, 1.82) is 0 Å². The highest BCUT2D eigenvalue weighted by Gasteiger charge is 2.05. The van der Waals surface area contributed by atoms with E-state index in [1.54, 1.807) is 0 Å². The van der Waals surface area contributed by atoms with Crippen LogP contribution in [0.3, 0.4) is 0 Å². The van der Waals surface area contributed by atoms with Gasteiger partial charge in [-0.3, -0.25) is 0 Å². The Morgan fingerprint density at radius 1 is 1.25 bits per heavy atom. The van der Waals surface area contributed by atoms with Crippen LogP contribution in [-0.2, 0) is 7.05 Å². The van der Waals surface area contributed by atoms with Gasteiger partial charge >= 0.3 is 0 Å². The van der Waals surface area contributed by atoms with E-state index >= 15 is 0 Å². The second kappa shape index (κ2) is 4.93. The maximum absolute atomic E-state index is 2.27. The smallest absolute Gasteiger partial charge is 0.0756 e. The van der Waals surface area contributed by atoms with Crippen molar-refractivity contribution in [3.8, 4) is 0 Å². The Morgan fingerprint density at radius 2 is 2.00 bits per heavy atom. The summed E-state index contributed by atoms with van der Waals surface area (Å²) in [7, 11) is 6.37. The summed E-state index contributed by atoms with van der Waals surface area (Å²) < 4.78 is 2.27. The molecule has 1 aromatic heterocycles. The number of benzene rings is 1. The third-order valence-corrected chi connectivity index (χ3v) is 3.77. The van der Waals surface area contributed by atoms with Gasteiger partial charge in [-0.15, -0.1) is 11.8 Å². The highest BCUT2D eigenvalue weighted by Crippen LogP contribution is 2.26. The first-order chi connectivity index (χ1) is 7.68. The van der Waals surface area contributed by atoms with Crippen LogP contribution >= 0.6 is 11.8 Å². The Bertz CT molecular complexity index is 474. The molecule has 0 fully saturated rings. The largest absolute Gasteiger partial charge is 0.339 e. The summed E-state index contributed by atoms with van der Waals surface area (Å²) in [5.41, 5.74) is 1.31. The van der Waals surface area contributed by atoms with Crippen molar-refractivity contribution >= 4 is 22.7 Å². The Hall–Kier alpha value is -0.930. The SMILES string of the molecule is CN(C)CCSc1cc2ccccc2n1C. The van der Waals surface area contributed by atoms with E-state index in [1.807, 2.05) is 11.8 Å². The summed E-state index contributed by atoms with van der Waals surface area (Å²) in [4.78, 5) is 2.22. The summed E-state index contributed by atoms with van der Waals surface area (Å²) in [6, 6.07) is 10.8. The molecule has 3 heteroatoms. The molecule has 0 amide bonds. The van der Waals surface area contributed by atoms with Gasteiger partial charge in [-0.25, -0.2) is 0 Å². The molecule has 1 heterocycles. The molecular formula is C13H18N2S. The average Bonchev–Trinajstić information content (AvgIpc) is 2.56. The van der Waals surface area contributed by atoms with Crippen LogP contribution < -0.4 is 0 Å². The number of aryl methyl sites for hydroxylation is 1. The van der Waals surface area contributed by atoms with Gasteiger partial charge in [0.25, 0.3) is 0 Å². The highest BCUT2D eigenvalue weighted by molar-refractivity contribution is 7.99. The first kappa shape index (κ1) is 11.6. The average molecular weight is 234 g/mol. The zero-order valence-electron chi connectivity index (χ0n) is 10.1. The quantitative estimate of drug-likeness (QED) is 0.752. The van der Waals surface area contributed by atoms with Gasteiger partial charge in [0.1, 0.15) is 0 Å². The maximum atomic E-state index is 2.27. The van der Waals surface area contributed by atoms with Gasteiger partial charge < -0.3 is 9.47 Å². The van der Waals surface area contributed by atoms with Gasteiger partial charge in [0.15, 0.2) is 0 Å². The van der Waals surface area contributed by atoms with Crippen molar-refractivity contribution in [3.05, 3.63) is 30.3 Å².